The number of ether oxygens (including phenoxy) is 1. The maximum absolute atomic E-state index is 12.4. The Balaban J connectivity index is 1.89. The molecule has 6 nitrogen and oxygen atoms in total. The molecule has 1 saturated carbocycles. The number of ketones is 1. The number of likely N-dealkylation sites (N-methyl/N-ethyl adjacent to an activating group) is 1. The summed E-state index contributed by atoms with van der Waals surface area (Å²) in [5, 5.41) is 0.685. The van der Waals surface area contributed by atoms with Gasteiger partial charge in [0.2, 0.25) is 11.7 Å². The van der Waals surface area contributed by atoms with Crippen LogP contribution in [0.4, 0.5) is 5.95 Å². The van der Waals surface area contributed by atoms with Gasteiger partial charge in [0.1, 0.15) is 11.4 Å². The van der Waals surface area contributed by atoms with Crippen molar-refractivity contribution in [3.8, 4) is 5.75 Å². The van der Waals surface area contributed by atoms with Gasteiger partial charge in [-0.25, -0.2) is 9.97 Å². The van der Waals surface area contributed by atoms with E-state index in [2.05, 4.69) is 9.97 Å². The SMILES string of the molecule is CN(C)CC=CC(=O)c1nc(N)nc2cc(OC3CCC3)ccc12. The number of allylic oxidation sites excluding steroid dienone is 1. The number of fused-ring (bicyclic) bond motifs is 1. The molecule has 1 aliphatic rings. The van der Waals surface area contributed by atoms with Gasteiger partial charge in [0.05, 0.1) is 11.6 Å². The Bertz CT molecular complexity index is 782. The van der Waals surface area contributed by atoms with Gasteiger partial charge < -0.3 is 15.4 Å². The van der Waals surface area contributed by atoms with E-state index < -0.39 is 0 Å². The first kappa shape index (κ1) is 16.4. The molecular formula is C18H22N4O2. The third kappa shape index (κ3) is 3.71. The molecule has 1 aliphatic carbocycles. The maximum Gasteiger partial charge on any atom is 0.221 e. The number of rotatable bonds is 6. The molecule has 0 atom stereocenters. The number of hydrogen-bond donors (Lipinski definition) is 1. The van der Waals surface area contributed by atoms with Gasteiger partial charge in [0.15, 0.2) is 0 Å². The molecule has 0 spiro atoms. The van der Waals surface area contributed by atoms with Crippen molar-refractivity contribution in [1.29, 1.82) is 0 Å². The minimum atomic E-state index is -0.177. The lowest BCUT2D eigenvalue weighted by Gasteiger charge is -2.26. The summed E-state index contributed by atoms with van der Waals surface area (Å²) in [5.74, 6) is 0.670. The molecule has 2 N–H and O–H groups in total. The number of hydrogen-bond acceptors (Lipinski definition) is 6. The summed E-state index contributed by atoms with van der Waals surface area (Å²) in [5.41, 5.74) is 6.73. The van der Waals surface area contributed by atoms with Gasteiger partial charge in [-0.1, -0.05) is 6.08 Å². The van der Waals surface area contributed by atoms with Crippen molar-refractivity contribution in [1.82, 2.24) is 14.9 Å². The molecule has 0 unspecified atom stereocenters. The van der Waals surface area contributed by atoms with E-state index in [4.69, 9.17) is 10.5 Å². The number of nitrogens with two attached hydrogens (primary N) is 1. The average molecular weight is 326 g/mol. The second-order valence-corrected chi connectivity index (χ2v) is 6.31. The Morgan fingerprint density at radius 3 is 2.83 bits per heavy atom. The van der Waals surface area contributed by atoms with Crippen LogP contribution in [0.25, 0.3) is 10.9 Å². The van der Waals surface area contributed by atoms with E-state index in [0.29, 0.717) is 23.1 Å². The Morgan fingerprint density at radius 2 is 2.17 bits per heavy atom. The highest BCUT2D eigenvalue weighted by Gasteiger charge is 2.20. The van der Waals surface area contributed by atoms with E-state index in [1.54, 1.807) is 6.08 Å². The predicted octanol–water partition coefficient (Wildman–Crippen LogP) is 2.44. The fourth-order valence-electron chi connectivity index (χ4n) is 2.52. The second kappa shape index (κ2) is 6.97. The largest absolute Gasteiger partial charge is 0.490 e. The van der Waals surface area contributed by atoms with Crippen molar-refractivity contribution >= 4 is 22.6 Å². The molecule has 6 heteroatoms. The minimum Gasteiger partial charge on any atom is -0.490 e. The van der Waals surface area contributed by atoms with Crippen molar-refractivity contribution in [3.05, 3.63) is 36.0 Å². The van der Waals surface area contributed by atoms with E-state index in [0.717, 1.165) is 18.6 Å². The van der Waals surface area contributed by atoms with Crippen LogP contribution in [0.15, 0.2) is 30.4 Å². The Kier molecular flexibility index (Phi) is 4.76. The molecule has 24 heavy (non-hydrogen) atoms. The summed E-state index contributed by atoms with van der Waals surface area (Å²) >= 11 is 0. The third-order valence-electron chi connectivity index (χ3n) is 4.01. The van der Waals surface area contributed by atoms with Crippen molar-refractivity contribution in [3.63, 3.8) is 0 Å². The number of anilines is 1. The summed E-state index contributed by atoms with van der Waals surface area (Å²) in [6.07, 6.45) is 7.01. The molecule has 1 aromatic carbocycles. The van der Waals surface area contributed by atoms with Crippen LogP contribution in [0, 0.1) is 0 Å². The normalized spacial score (nSPS) is 15.1. The molecule has 0 aliphatic heterocycles. The van der Waals surface area contributed by atoms with Crippen molar-refractivity contribution in [2.24, 2.45) is 0 Å². The highest BCUT2D eigenvalue weighted by atomic mass is 16.5. The first-order chi connectivity index (χ1) is 11.5. The highest BCUT2D eigenvalue weighted by molar-refractivity contribution is 6.11. The average Bonchev–Trinajstić information content (AvgIpc) is 2.49. The zero-order valence-electron chi connectivity index (χ0n) is 14.0. The number of carbonyl (C=O) groups is 1. The fraction of sp³-hybridized carbons (Fsp3) is 0.389. The van der Waals surface area contributed by atoms with Gasteiger partial charge in [0, 0.05) is 18.0 Å². The summed E-state index contributed by atoms with van der Waals surface area (Å²) in [7, 11) is 3.88. The van der Waals surface area contributed by atoms with Crippen LogP contribution in [0.5, 0.6) is 5.75 Å². The number of nitrogen functional groups attached to an aromatic ring is 1. The summed E-state index contributed by atoms with van der Waals surface area (Å²) in [4.78, 5) is 22.8. The fourth-order valence-corrected chi connectivity index (χ4v) is 2.52. The van der Waals surface area contributed by atoms with Gasteiger partial charge in [-0.05, 0) is 51.6 Å². The van der Waals surface area contributed by atoms with Crippen LogP contribution in [0.2, 0.25) is 0 Å². The van der Waals surface area contributed by atoms with Crippen LogP contribution in [-0.2, 0) is 0 Å². The molecule has 0 radical (unpaired) electrons. The minimum absolute atomic E-state index is 0.0904. The molecule has 1 aromatic heterocycles. The smallest absolute Gasteiger partial charge is 0.221 e. The second-order valence-electron chi connectivity index (χ2n) is 6.31. The molecule has 126 valence electrons. The van der Waals surface area contributed by atoms with Crippen LogP contribution >= 0.6 is 0 Å². The molecular weight excluding hydrogens is 304 g/mol. The Hall–Kier alpha value is -2.47. The lowest BCUT2D eigenvalue weighted by molar-refractivity contribution is 0.104. The summed E-state index contributed by atoms with van der Waals surface area (Å²) in [6, 6.07) is 5.52. The van der Waals surface area contributed by atoms with Crippen LogP contribution in [0.3, 0.4) is 0 Å². The van der Waals surface area contributed by atoms with Gasteiger partial charge in [-0.3, -0.25) is 4.79 Å². The number of carbonyl (C=O) groups excluding carboxylic acids is 1. The molecule has 0 amide bonds. The quantitative estimate of drug-likeness (QED) is 0.648. The van der Waals surface area contributed by atoms with Crippen LogP contribution < -0.4 is 10.5 Å². The first-order valence-corrected chi connectivity index (χ1v) is 8.12. The van der Waals surface area contributed by atoms with Gasteiger partial charge >= 0.3 is 0 Å². The summed E-state index contributed by atoms with van der Waals surface area (Å²) < 4.78 is 5.88. The molecule has 0 saturated heterocycles. The molecule has 2 aromatic rings. The molecule has 1 heterocycles. The Labute approximate surface area is 141 Å². The molecule has 1 fully saturated rings. The van der Waals surface area contributed by atoms with E-state index in [1.807, 2.05) is 37.2 Å². The highest BCUT2D eigenvalue weighted by Crippen LogP contribution is 2.28. The number of aromatic nitrogens is 2. The van der Waals surface area contributed by atoms with E-state index in [9.17, 15) is 4.79 Å². The maximum atomic E-state index is 12.4. The van der Waals surface area contributed by atoms with E-state index >= 15 is 0 Å². The summed E-state index contributed by atoms with van der Waals surface area (Å²) in [6.45, 7) is 0.684. The van der Waals surface area contributed by atoms with Gasteiger partial charge in [0.25, 0.3) is 0 Å². The number of benzene rings is 1. The Morgan fingerprint density at radius 1 is 1.38 bits per heavy atom. The molecule has 3 rings (SSSR count). The predicted molar refractivity (Wildman–Crippen MR) is 94.2 cm³/mol. The molecule has 0 bridgehead atoms. The lowest BCUT2D eigenvalue weighted by Crippen LogP contribution is -2.24. The standard InChI is InChI=1S/C18H22N4O2/c1-22(2)10-4-7-16(23)17-14-9-8-13(24-12-5-3-6-12)11-15(14)20-18(19)21-17/h4,7-9,11-12H,3,5-6,10H2,1-2H3,(H2,19,20,21). The van der Waals surface area contributed by atoms with Gasteiger partial charge in [-0.15, -0.1) is 0 Å². The monoisotopic (exact) mass is 326 g/mol. The van der Waals surface area contributed by atoms with Gasteiger partial charge in [-0.2, -0.15) is 0 Å². The van der Waals surface area contributed by atoms with Crippen molar-refractivity contribution < 1.29 is 9.53 Å². The first-order valence-electron chi connectivity index (χ1n) is 8.12. The number of nitrogens with zero attached hydrogens (tertiary/aromatic N) is 3. The van der Waals surface area contributed by atoms with Crippen LogP contribution in [0.1, 0.15) is 29.8 Å². The zero-order valence-corrected chi connectivity index (χ0v) is 14.0. The van der Waals surface area contributed by atoms with Crippen LogP contribution in [-0.4, -0.2) is 47.4 Å². The zero-order chi connectivity index (χ0) is 17.1. The van der Waals surface area contributed by atoms with Crippen molar-refractivity contribution in [2.45, 2.75) is 25.4 Å². The van der Waals surface area contributed by atoms with E-state index in [1.165, 1.54) is 12.5 Å². The van der Waals surface area contributed by atoms with E-state index in [-0.39, 0.29) is 17.8 Å². The third-order valence-corrected chi connectivity index (χ3v) is 4.01. The van der Waals surface area contributed by atoms with Crippen molar-refractivity contribution in [2.75, 3.05) is 26.4 Å². The lowest BCUT2D eigenvalue weighted by atomic mass is 9.96. The topological polar surface area (TPSA) is 81.3 Å².